The predicted molar refractivity (Wildman–Crippen MR) is 56.6 cm³/mol. The molecule has 1 aliphatic heterocycles. The quantitative estimate of drug-likeness (QED) is 0.507. The number of nitrogens with one attached hydrogen (secondary N) is 1. The van der Waals surface area contributed by atoms with Gasteiger partial charge in [-0.25, -0.2) is 0 Å². The maximum Gasteiger partial charge on any atom is 0.306 e. The van der Waals surface area contributed by atoms with E-state index in [1.54, 1.807) is 4.90 Å². The number of rotatable bonds is 5. The van der Waals surface area contributed by atoms with Gasteiger partial charge in [-0.1, -0.05) is 0 Å². The summed E-state index contributed by atoms with van der Waals surface area (Å²) in [5, 5.41) is 8.80. The lowest BCUT2D eigenvalue weighted by atomic mass is 9.97. The Balaban J connectivity index is 2.25. The lowest BCUT2D eigenvalue weighted by molar-refractivity contribution is -0.146. The zero-order valence-electron chi connectivity index (χ0n) is 9.44. The largest absolute Gasteiger partial charge is 0.481 e. The summed E-state index contributed by atoms with van der Waals surface area (Å²) in [7, 11) is 0. The molecule has 16 heavy (non-hydrogen) atoms. The molecule has 1 heterocycles. The Morgan fingerprint density at radius 3 is 2.56 bits per heavy atom. The van der Waals surface area contributed by atoms with Crippen molar-refractivity contribution < 1.29 is 19.5 Å². The van der Waals surface area contributed by atoms with Crippen LogP contribution < -0.4 is 5.48 Å². The number of hydrogen-bond acceptors (Lipinski definition) is 4. The number of aliphatic carboxylic acids is 1. The van der Waals surface area contributed by atoms with E-state index in [1.165, 1.54) is 0 Å². The minimum atomic E-state index is -0.764. The SMILES string of the molecule is CCONCC(=O)N1CCC(C(=O)O)CC1. The highest BCUT2D eigenvalue weighted by molar-refractivity contribution is 5.78. The van der Waals surface area contributed by atoms with Crippen LogP contribution in [-0.2, 0) is 14.4 Å². The van der Waals surface area contributed by atoms with Crippen LogP contribution >= 0.6 is 0 Å². The standard InChI is InChI=1S/C10H18N2O4/c1-2-16-11-7-9(13)12-5-3-8(4-6-12)10(14)15/h8,11H,2-7H2,1H3,(H,14,15). The molecule has 0 atom stereocenters. The molecule has 0 unspecified atom stereocenters. The van der Waals surface area contributed by atoms with Crippen molar-refractivity contribution in [2.45, 2.75) is 19.8 Å². The lowest BCUT2D eigenvalue weighted by Gasteiger charge is -2.30. The van der Waals surface area contributed by atoms with E-state index < -0.39 is 5.97 Å². The Bertz CT molecular complexity index is 249. The van der Waals surface area contributed by atoms with Gasteiger partial charge >= 0.3 is 5.97 Å². The van der Waals surface area contributed by atoms with Crippen LogP contribution in [0.1, 0.15) is 19.8 Å². The van der Waals surface area contributed by atoms with Crippen LogP contribution in [0.25, 0.3) is 0 Å². The van der Waals surface area contributed by atoms with Crippen LogP contribution in [0.4, 0.5) is 0 Å². The van der Waals surface area contributed by atoms with Crippen LogP contribution in [0.5, 0.6) is 0 Å². The average molecular weight is 230 g/mol. The number of piperidine rings is 1. The van der Waals surface area contributed by atoms with Gasteiger partial charge in [0.15, 0.2) is 0 Å². The molecule has 1 fully saturated rings. The number of likely N-dealkylation sites (tertiary alicyclic amines) is 1. The molecular formula is C10H18N2O4. The van der Waals surface area contributed by atoms with E-state index in [1.807, 2.05) is 6.92 Å². The number of carbonyl (C=O) groups excluding carboxylic acids is 1. The molecule has 0 bridgehead atoms. The van der Waals surface area contributed by atoms with E-state index >= 15 is 0 Å². The molecule has 0 radical (unpaired) electrons. The first-order valence-corrected chi connectivity index (χ1v) is 5.50. The maximum absolute atomic E-state index is 11.6. The molecule has 0 aliphatic carbocycles. The topological polar surface area (TPSA) is 78.9 Å². The lowest BCUT2D eigenvalue weighted by Crippen LogP contribution is -2.44. The molecule has 0 spiro atoms. The Morgan fingerprint density at radius 2 is 2.06 bits per heavy atom. The zero-order valence-corrected chi connectivity index (χ0v) is 9.44. The third-order valence-corrected chi connectivity index (χ3v) is 2.67. The van der Waals surface area contributed by atoms with E-state index in [0.29, 0.717) is 32.5 Å². The van der Waals surface area contributed by atoms with Crippen molar-refractivity contribution in [3.8, 4) is 0 Å². The van der Waals surface area contributed by atoms with Crippen molar-refractivity contribution in [1.29, 1.82) is 0 Å². The molecule has 92 valence electrons. The third kappa shape index (κ3) is 3.79. The molecule has 0 aromatic carbocycles. The number of nitrogens with zero attached hydrogens (tertiary/aromatic N) is 1. The van der Waals surface area contributed by atoms with E-state index in [9.17, 15) is 9.59 Å². The molecule has 2 N–H and O–H groups in total. The van der Waals surface area contributed by atoms with Crippen molar-refractivity contribution >= 4 is 11.9 Å². The zero-order chi connectivity index (χ0) is 12.0. The van der Waals surface area contributed by atoms with Gasteiger partial charge in [0.2, 0.25) is 5.91 Å². The summed E-state index contributed by atoms with van der Waals surface area (Å²) < 4.78 is 0. The first-order valence-electron chi connectivity index (χ1n) is 5.50. The molecule has 0 saturated carbocycles. The Kier molecular flexibility index (Phi) is 5.21. The molecule has 6 nitrogen and oxygen atoms in total. The van der Waals surface area contributed by atoms with Gasteiger partial charge in [-0.3, -0.25) is 9.59 Å². The molecule has 0 aromatic heterocycles. The molecule has 0 aromatic rings. The summed E-state index contributed by atoms with van der Waals surface area (Å²) in [6.07, 6.45) is 1.07. The average Bonchev–Trinajstić information content (AvgIpc) is 2.29. The minimum absolute atomic E-state index is 0.0442. The van der Waals surface area contributed by atoms with Gasteiger partial charge in [-0.2, -0.15) is 5.48 Å². The van der Waals surface area contributed by atoms with E-state index in [0.717, 1.165) is 0 Å². The van der Waals surface area contributed by atoms with Crippen molar-refractivity contribution in [3.05, 3.63) is 0 Å². The van der Waals surface area contributed by atoms with E-state index in [2.05, 4.69) is 5.48 Å². The summed E-state index contributed by atoms with van der Waals surface area (Å²) in [5.74, 6) is -1.11. The van der Waals surface area contributed by atoms with Crippen molar-refractivity contribution in [3.63, 3.8) is 0 Å². The molecular weight excluding hydrogens is 212 g/mol. The van der Waals surface area contributed by atoms with E-state index in [4.69, 9.17) is 9.94 Å². The molecule has 1 amide bonds. The fourth-order valence-corrected chi connectivity index (χ4v) is 1.70. The summed E-state index contributed by atoms with van der Waals surface area (Å²) in [6, 6.07) is 0. The van der Waals surface area contributed by atoms with Gasteiger partial charge in [-0.15, -0.1) is 0 Å². The fraction of sp³-hybridized carbons (Fsp3) is 0.800. The predicted octanol–water partition coefficient (Wildman–Crippen LogP) is -0.149. The first kappa shape index (κ1) is 12.9. The number of carboxylic acids is 1. The van der Waals surface area contributed by atoms with Crippen molar-refractivity contribution in [2.75, 3.05) is 26.2 Å². The highest BCUT2D eigenvalue weighted by Gasteiger charge is 2.26. The maximum atomic E-state index is 11.6. The van der Waals surface area contributed by atoms with Crippen LogP contribution in [0.3, 0.4) is 0 Å². The monoisotopic (exact) mass is 230 g/mol. The van der Waals surface area contributed by atoms with Gasteiger partial charge in [0, 0.05) is 13.1 Å². The van der Waals surface area contributed by atoms with Crippen LogP contribution in [0.2, 0.25) is 0 Å². The number of hydrogen-bond donors (Lipinski definition) is 2. The minimum Gasteiger partial charge on any atom is -0.481 e. The molecule has 1 saturated heterocycles. The highest BCUT2D eigenvalue weighted by Crippen LogP contribution is 2.16. The first-order chi connectivity index (χ1) is 7.65. The molecule has 6 heteroatoms. The number of carboxylic acid groups (broad SMARTS) is 1. The van der Waals surface area contributed by atoms with Crippen LogP contribution in [0.15, 0.2) is 0 Å². The second kappa shape index (κ2) is 6.44. The van der Waals surface area contributed by atoms with Gasteiger partial charge in [0.1, 0.15) is 6.54 Å². The number of amides is 1. The summed E-state index contributed by atoms with van der Waals surface area (Å²) >= 11 is 0. The van der Waals surface area contributed by atoms with Crippen molar-refractivity contribution in [1.82, 2.24) is 10.4 Å². The van der Waals surface area contributed by atoms with E-state index in [-0.39, 0.29) is 18.4 Å². The highest BCUT2D eigenvalue weighted by atomic mass is 16.6. The summed E-state index contributed by atoms with van der Waals surface area (Å²) in [4.78, 5) is 28.8. The normalized spacial score (nSPS) is 17.4. The Labute approximate surface area is 94.5 Å². The third-order valence-electron chi connectivity index (χ3n) is 2.67. The fourth-order valence-electron chi connectivity index (χ4n) is 1.70. The van der Waals surface area contributed by atoms with Gasteiger partial charge in [-0.05, 0) is 19.8 Å². The van der Waals surface area contributed by atoms with Gasteiger partial charge in [0.25, 0.3) is 0 Å². The van der Waals surface area contributed by atoms with Gasteiger partial charge in [0.05, 0.1) is 12.5 Å². The summed E-state index contributed by atoms with van der Waals surface area (Å²) in [5.41, 5.74) is 2.56. The van der Waals surface area contributed by atoms with Crippen LogP contribution in [-0.4, -0.2) is 48.1 Å². The van der Waals surface area contributed by atoms with Crippen LogP contribution in [0, 0.1) is 5.92 Å². The smallest absolute Gasteiger partial charge is 0.306 e. The summed E-state index contributed by atoms with van der Waals surface area (Å²) in [6.45, 7) is 3.52. The Hall–Kier alpha value is -1.14. The van der Waals surface area contributed by atoms with Crippen molar-refractivity contribution in [2.24, 2.45) is 5.92 Å². The molecule has 1 rings (SSSR count). The number of hydroxylamine groups is 1. The second-order valence-electron chi connectivity index (χ2n) is 3.75. The molecule has 1 aliphatic rings. The number of carbonyl (C=O) groups is 2. The van der Waals surface area contributed by atoms with Gasteiger partial charge < -0.3 is 14.8 Å². The second-order valence-corrected chi connectivity index (χ2v) is 3.75. The Morgan fingerprint density at radius 1 is 1.44 bits per heavy atom.